The molecule has 0 heterocycles. The van der Waals surface area contributed by atoms with Gasteiger partial charge in [-0.1, -0.05) is 45.8 Å². The molecule has 0 bridgehead atoms. The molecule has 0 aliphatic carbocycles. The Morgan fingerprint density at radius 1 is 1.25 bits per heavy atom. The fourth-order valence-corrected chi connectivity index (χ4v) is 1.44. The van der Waals surface area contributed by atoms with Gasteiger partial charge < -0.3 is 22.7 Å². The second kappa shape index (κ2) is 10.3. The molecule has 0 aliphatic heterocycles. The van der Waals surface area contributed by atoms with Crippen molar-refractivity contribution in [3.8, 4) is 0 Å². The quantitative estimate of drug-likeness (QED) is 0.380. The van der Waals surface area contributed by atoms with E-state index in [-0.39, 0.29) is 40.0 Å². The van der Waals surface area contributed by atoms with Crippen LogP contribution in [0.4, 0.5) is 0 Å². The van der Waals surface area contributed by atoms with Gasteiger partial charge in [0, 0.05) is 0 Å². The van der Waals surface area contributed by atoms with E-state index in [1.807, 2.05) is 0 Å². The van der Waals surface area contributed by atoms with Crippen molar-refractivity contribution in [2.45, 2.75) is 45.8 Å². The van der Waals surface area contributed by atoms with Crippen molar-refractivity contribution in [1.29, 1.82) is 0 Å². The van der Waals surface area contributed by atoms with E-state index in [4.69, 9.17) is 0 Å². The van der Waals surface area contributed by atoms with Gasteiger partial charge in [0.25, 0.3) is 0 Å². The molecule has 0 unspecified atom stereocenters. The van der Waals surface area contributed by atoms with Gasteiger partial charge in [-0.25, -0.2) is 0 Å². The number of hydrogen-bond acceptors (Lipinski definition) is 0. The molecule has 0 atom stereocenters. The monoisotopic (exact) mass is 258 g/mol. The van der Waals surface area contributed by atoms with Crippen LogP contribution in [0, 0.1) is 5.70 Å². The first kappa shape index (κ1) is 18.9. The maximum Gasteiger partial charge on any atom is 2.00 e. The molecule has 68 valence electrons. The molecule has 0 aliphatic rings. The Morgan fingerprint density at radius 2 is 1.75 bits per heavy atom. The minimum atomic E-state index is -1.01. The molecular formula is C9H19BrMgSi. The fraction of sp³-hybridized carbons (Fsp3) is 0.778. The molecular weight excluding hydrogens is 240 g/mol. The van der Waals surface area contributed by atoms with Crippen molar-refractivity contribution < 1.29 is 17.0 Å². The minimum absolute atomic E-state index is 0. The van der Waals surface area contributed by atoms with E-state index in [0.29, 0.717) is 0 Å². The summed E-state index contributed by atoms with van der Waals surface area (Å²) in [5.74, 6) is 0. The van der Waals surface area contributed by atoms with Crippen LogP contribution in [0.15, 0.2) is 6.08 Å². The Morgan fingerprint density at radius 3 is 2.08 bits per heavy atom. The topological polar surface area (TPSA) is 0 Å². The van der Waals surface area contributed by atoms with Gasteiger partial charge in [0.15, 0.2) is 0 Å². The molecule has 0 aromatic rings. The van der Waals surface area contributed by atoms with Crippen LogP contribution in [0.5, 0.6) is 0 Å². The summed E-state index contributed by atoms with van der Waals surface area (Å²) >= 11 is 0. The van der Waals surface area contributed by atoms with Gasteiger partial charge >= 0.3 is 23.1 Å². The van der Waals surface area contributed by atoms with Crippen molar-refractivity contribution in [3.05, 3.63) is 11.8 Å². The summed E-state index contributed by atoms with van der Waals surface area (Å²) in [6.07, 6.45) is 6.07. The summed E-state index contributed by atoms with van der Waals surface area (Å²) in [4.78, 5) is 0. The first-order valence-corrected chi connectivity index (χ1v) is 7.65. The second-order valence-corrected chi connectivity index (χ2v) is 8.53. The van der Waals surface area contributed by atoms with Crippen LogP contribution >= 0.6 is 0 Å². The summed E-state index contributed by atoms with van der Waals surface area (Å²) in [6.45, 7) is 9.17. The van der Waals surface area contributed by atoms with Gasteiger partial charge in [-0.05, 0) is 0 Å². The third-order valence-electron chi connectivity index (χ3n) is 1.24. The Bertz CT molecular complexity index is 108. The summed E-state index contributed by atoms with van der Waals surface area (Å²) in [5, 5.41) is 0. The number of hydrogen-bond donors (Lipinski definition) is 0. The number of unbranched alkanes of at least 4 members (excludes halogenated alkanes) is 2. The van der Waals surface area contributed by atoms with Crippen molar-refractivity contribution in [3.63, 3.8) is 0 Å². The third kappa shape index (κ3) is 17.3. The van der Waals surface area contributed by atoms with Gasteiger partial charge in [-0.15, -0.1) is 8.07 Å². The SMILES string of the molecule is CCCCC=[C-][Si](C)(C)C.[Br-].[Mg+2]. The maximum absolute atomic E-state index is 3.47. The second-order valence-electron chi connectivity index (χ2n) is 3.74. The predicted molar refractivity (Wildman–Crippen MR) is 56.4 cm³/mol. The average molecular weight is 260 g/mol. The number of allylic oxidation sites excluding steroid dienone is 1. The molecule has 3 heteroatoms. The zero-order chi connectivity index (χ0) is 8.04. The minimum Gasteiger partial charge on any atom is -1.00 e. The van der Waals surface area contributed by atoms with E-state index in [1.165, 1.54) is 19.3 Å². The molecule has 12 heavy (non-hydrogen) atoms. The van der Waals surface area contributed by atoms with Crippen molar-refractivity contribution in [1.82, 2.24) is 0 Å². The number of rotatable bonds is 4. The summed E-state index contributed by atoms with van der Waals surface area (Å²) < 4.78 is 0. The zero-order valence-electron chi connectivity index (χ0n) is 8.78. The molecule has 0 saturated heterocycles. The smallest absolute Gasteiger partial charge is 1.00 e. The van der Waals surface area contributed by atoms with Gasteiger partial charge in [0.2, 0.25) is 0 Å². The molecule has 0 aromatic carbocycles. The molecule has 0 nitrogen and oxygen atoms in total. The molecule has 0 saturated carbocycles. The fourth-order valence-electron chi connectivity index (χ4n) is 0.685. The van der Waals surface area contributed by atoms with Gasteiger partial charge in [0.1, 0.15) is 0 Å². The molecule has 0 N–H and O–H groups in total. The molecule has 0 rings (SSSR count). The Hall–Kier alpha value is 1.20. The van der Waals surface area contributed by atoms with Crippen LogP contribution in [0.2, 0.25) is 19.6 Å². The number of halogens is 1. The first-order chi connectivity index (χ1) is 4.56. The largest absolute Gasteiger partial charge is 2.00 e. The van der Waals surface area contributed by atoms with E-state index < -0.39 is 8.07 Å². The standard InChI is InChI=1S/C9H19Si.BrH.Mg/c1-5-6-7-8-9-10(2,3)4;;/h8H,5-7H2,1-4H3;1H;/q-1;;+2/p-1. The summed E-state index contributed by atoms with van der Waals surface area (Å²) in [7, 11) is -1.01. The molecule has 0 amide bonds. The van der Waals surface area contributed by atoms with Crippen LogP contribution in [-0.4, -0.2) is 31.1 Å². The average Bonchev–Trinajstić information content (AvgIpc) is 1.78. The van der Waals surface area contributed by atoms with Crippen LogP contribution < -0.4 is 17.0 Å². The molecule has 0 radical (unpaired) electrons. The van der Waals surface area contributed by atoms with Crippen LogP contribution in [-0.2, 0) is 0 Å². The summed E-state index contributed by atoms with van der Waals surface area (Å²) in [5.41, 5.74) is 3.47. The predicted octanol–water partition coefficient (Wildman–Crippen LogP) is 0.0366. The van der Waals surface area contributed by atoms with Crippen molar-refractivity contribution in [2.24, 2.45) is 0 Å². The maximum atomic E-state index is 3.47. The zero-order valence-corrected chi connectivity index (χ0v) is 12.8. The van der Waals surface area contributed by atoms with Gasteiger partial charge in [0.05, 0.1) is 0 Å². The van der Waals surface area contributed by atoms with Crippen LogP contribution in [0.25, 0.3) is 0 Å². The first-order valence-electron chi connectivity index (χ1n) is 4.15. The van der Waals surface area contributed by atoms with E-state index in [1.54, 1.807) is 0 Å². The molecule has 0 fully saturated rings. The molecule has 0 aromatic heterocycles. The van der Waals surface area contributed by atoms with E-state index in [2.05, 4.69) is 38.3 Å². The normalized spacial score (nSPS) is 10.7. The summed E-state index contributed by atoms with van der Waals surface area (Å²) in [6, 6.07) is 0. The van der Waals surface area contributed by atoms with E-state index in [0.717, 1.165) is 0 Å². The molecule has 0 spiro atoms. The Kier molecular flexibility index (Phi) is 16.2. The van der Waals surface area contributed by atoms with Crippen LogP contribution in [0.3, 0.4) is 0 Å². The van der Waals surface area contributed by atoms with Crippen LogP contribution in [0.1, 0.15) is 26.2 Å². The van der Waals surface area contributed by atoms with Gasteiger partial charge in [-0.3, -0.25) is 6.08 Å². The Labute approximate surface area is 105 Å². The van der Waals surface area contributed by atoms with Gasteiger partial charge in [-0.2, -0.15) is 0 Å². The Balaban J connectivity index is -0.000000405. The van der Waals surface area contributed by atoms with E-state index in [9.17, 15) is 0 Å². The van der Waals surface area contributed by atoms with Crippen molar-refractivity contribution >= 4 is 31.1 Å². The van der Waals surface area contributed by atoms with Crippen molar-refractivity contribution in [2.75, 3.05) is 0 Å². The third-order valence-corrected chi connectivity index (χ3v) is 2.31. The van der Waals surface area contributed by atoms with E-state index >= 15 is 0 Å².